The van der Waals surface area contributed by atoms with Crippen molar-refractivity contribution in [2.45, 2.75) is 39.0 Å². The molecule has 32 heavy (non-hydrogen) atoms. The second-order valence-electron chi connectivity index (χ2n) is 9.37. The number of carbonyl (C=O) groups excluding carboxylic acids is 2. The number of hydrogen-bond donors (Lipinski definition) is 4. The second kappa shape index (κ2) is 7.65. The van der Waals surface area contributed by atoms with Crippen molar-refractivity contribution in [3.63, 3.8) is 0 Å². The number of carbonyl (C=O) groups is 3. The Bertz CT molecular complexity index is 1090. The normalized spacial score (nSPS) is 30.7. The average Bonchev–Trinajstić information content (AvgIpc) is 3.00. The maximum absolute atomic E-state index is 13.0. The largest absolute Gasteiger partial charge is 0.506 e. The van der Waals surface area contributed by atoms with Gasteiger partial charge in [0.25, 0.3) is 0 Å². The Labute approximate surface area is 186 Å². The molecular weight excluding hydrogens is 410 g/mol. The monoisotopic (exact) mass is 437 g/mol. The second-order valence-corrected chi connectivity index (χ2v) is 9.37. The summed E-state index contributed by atoms with van der Waals surface area (Å²) in [5.41, 5.74) is -0.657. The lowest BCUT2D eigenvalue weighted by molar-refractivity contribution is -0.132. The molecule has 1 aromatic carbocycles. The number of phenols is 2. The van der Waals surface area contributed by atoms with Crippen LogP contribution in [0.3, 0.4) is 0 Å². The third-order valence-corrected chi connectivity index (χ3v) is 7.63. The molecule has 0 aromatic heterocycles. The number of carboxylic acid groups (broad SMARTS) is 1. The summed E-state index contributed by atoms with van der Waals surface area (Å²) in [6, 6.07) is 2.15. The van der Waals surface area contributed by atoms with E-state index in [4.69, 9.17) is 5.11 Å². The number of anilines is 1. The van der Waals surface area contributed by atoms with Crippen molar-refractivity contribution < 1.29 is 29.7 Å². The fourth-order valence-electron chi connectivity index (χ4n) is 5.60. The summed E-state index contributed by atoms with van der Waals surface area (Å²) >= 11 is 0. The number of fused-ring (bicyclic) bond motifs is 2. The van der Waals surface area contributed by atoms with E-state index < -0.39 is 34.4 Å². The summed E-state index contributed by atoms with van der Waals surface area (Å²) in [7, 11) is 0. The van der Waals surface area contributed by atoms with Crippen molar-refractivity contribution in [3.05, 3.63) is 54.2 Å². The highest BCUT2D eigenvalue weighted by molar-refractivity contribution is 6.00. The van der Waals surface area contributed by atoms with Crippen LogP contribution in [-0.4, -0.2) is 33.0 Å². The number of carboxylic acids is 1. The summed E-state index contributed by atoms with van der Waals surface area (Å²) in [5, 5.41) is 31.7. The lowest BCUT2D eigenvalue weighted by atomic mass is 9.50. The van der Waals surface area contributed by atoms with Gasteiger partial charge >= 0.3 is 5.97 Å². The fraction of sp³-hybridized carbons (Fsp3) is 0.400. The van der Waals surface area contributed by atoms with Crippen LogP contribution in [0.1, 0.15) is 49.4 Å². The first-order chi connectivity index (χ1) is 15.1. The van der Waals surface area contributed by atoms with Gasteiger partial charge in [-0.3, -0.25) is 9.59 Å². The number of benzene rings is 1. The van der Waals surface area contributed by atoms with Crippen molar-refractivity contribution >= 4 is 23.3 Å². The first-order valence-electron chi connectivity index (χ1n) is 10.8. The van der Waals surface area contributed by atoms with E-state index in [0.717, 1.165) is 37.0 Å². The maximum Gasteiger partial charge on any atom is 0.339 e. The Hall–Kier alpha value is -3.35. The first kappa shape index (κ1) is 21.9. The Morgan fingerprint density at radius 3 is 2.66 bits per heavy atom. The molecular formula is C25H27NO6. The minimum atomic E-state index is -1.38. The van der Waals surface area contributed by atoms with Crippen LogP contribution in [0, 0.1) is 22.7 Å². The van der Waals surface area contributed by atoms with Crippen molar-refractivity contribution in [3.8, 4) is 11.5 Å². The number of rotatable bonds is 5. The van der Waals surface area contributed by atoms with Gasteiger partial charge in [-0.1, -0.05) is 37.3 Å². The first-order valence-corrected chi connectivity index (χ1v) is 10.8. The van der Waals surface area contributed by atoms with Gasteiger partial charge in [-0.25, -0.2) is 4.79 Å². The van der Waals surface area contributed by atoms with E-state index in [1.807, 2.05) is 13.0 Å². The number of hydrogen-bond acceptors (Lipinski definition) is 5. The Balaban J connectivity index is 1.54. The third-order valence-electron chi connectivity index (χ3n) is 7.63. The van der Waals surface area contributed by atoms with Gasteiger partial charge in [0, 0.05) is 17.3 Å². The molecule has 1 aromatic rings. The fourth-order valence-corrected chi connectivity index (χ4v) is 5.60. The molecule has 0 aliphatic heterocycles. The minimum absolute atomic E-state index is 0.00828. The van der Waals surface area contributed by atoms with E-state index in [0.29, 0.717) is 12.3 Å². The van der Waals surface area contributed by atoms with Gasteiger partial charge in [0.05, 0.1) is 0 Å². The molecule has 2 bridgehead atoms. The van der Waals surface area contributed by atoms with Gasteiger partial charge in [0.2, 0.25) is 5.91 Å². The Morgan fingerprint density at radius 1 is 1.22 bits per heavy atom. The molecule has 168 valence electrons. The molecule has 4 aliphatic rings. The highest BCUT2D eigenvalue weighted by Crippen LogP contribution is 2.60. The highest BCUT2D eigenvalue weighted by Gasteiger charge is 2.55. The van der Waals surface area contributed by atoms with Gasteiger partial charge in [-0.15, -0.1) is 0 Å². The van der Waals surface area contributed by atoms with Gasteiger partial charge in [-0.2, -0.15) is 0 Å². The molecule has 4 aliphatic carbocycles. The van der Waals surface area contributed by atoms with E-state index in [2.05, 4.69) is 24.0 Å². The van der Waals surface area contributed by atoms with E-state index in [1.54, 1.807) is 6.08 Å². The number of aromatic hydroxyl groups is 2. The number of phenolic OH excluding ortho intramolecular Hbond substituents is 1. The summed E-state index contributed by atoms with van der Waals surface area (Å²) < 4.78 is 0. The number of amides is 1. The summed E-state index contributed by atoms with van der Waals surface area (Å²) in [5.74, 6) is -2.68. The summed E-state index contributed by atoms with van der Waals surface area (Å²) in [6.45, 7) is 6.09. The SMILES string of the molecule is C=C1C=C[C@@]23C=CC(=O)[C@@](C)(CCC(=O)Nc4c(O)ccc(C(=O)O)c4O)[C@@H]2C[C@@H]1CC3. The lowest BCUT2D eigenvalue weighted by Crippen LogP contribution is -2.49. The predicted octanol–water partition coefficient (Wildman–Crippen LogP) is 4.19. The molecule has 4 N–H and O–H groups in total. The molecule has 1 spiro atoms. The van der Waals surface area contributed by atoms with Crippen molar-refractivity contribution in [1.82, 2.24) is 0 Å². The molecule has 4 atom stereocenters. The third kappa shape index (κ3) is 3.42. The number of nitrogens with one attached hydrogen (secondary N) is 1. The highest BCUT2D eigenvalue weighted by atomic mass is 16.4. The molecule has 0 radical (unpaired) electrons. The summed E-state index contributed by atoms with van der Waals surface area (Å²) in [4.78, 5) is 36.9. The van der Waals surface area contributed by atoms with Crippen LogP contribution in [0.2, 0.25) is 0 Å². The van der Waals surface area contributed by atoms with Gasteiger partial charge in [-0.05, 0) is 55.7 Å². The molecule has 1 fully saturated rings. The van der Waals surface area contributed by atoms with Crippen molar-refractivity contribution in [1.29, 1.82) is 0 Å². The molecule has 7 nitrogen and oxygen atoms in total. The molecule has 0 saturated heterocycles. The van der Waals surface area contributed by atoms with Gasteiger partial charge in [0.1, 0.15) is 17.0 Å². The number of aromatic carboxylic acids is 1. The molecule has 0 unspecified atom stereocenters. The standard InChI is InChI=1S/C25H27NO6/c1-14-5-10-25-11-6-15(14)13-18(25)24(2,19(28)7-12-25)9-8-20(29)26-21-17(27)4-3-16(22(21)30)23(31)32/h3-5,7,10,12,15,18,27,30H,1,6,8-9,11,13H2,2H3,(H,26,29)(H,31,32)/t15-,18-,24-,25+/m0/s1. The van der Waals surface area contributed by atoms with Crippen LogP contribution in [0.4, 0.5) is 5.69 Å². The maximum atomic E-state index is 13.0. The van der Waals surface area contributed by atoms with Crippen LogP contribution in [0.5, 0.6) is 11.5 Å². The number of allylic oxidation sites excluding steroid dienone is 5. The van der Waals surface area contributed by atoms with Crippen LogP contribution in [0.15, 0.2) is 48.6 Å². The molecule has 1 saturated carbocycles. The van der Waals surface area contributed by atoms with Crippen LogP contribution < -0.4 is 5.32 Å². The molecule has 0 heterocycles. The average molecular weight is 437 g/mol. The van der Waals surface area contributed by atoms with Crippen molar-refractivity contribution in [2.75, 3.05) is 5.32 Å². The smallest absolute Gasteiger partial charge is 0.339 e. The Kier molecular flexibility index (Phi) is 5.23. The van der Waals surface area contributed by atoms with E-state index >= 15 is 0 Å². The molecule has 5 rings (SSSR count). The summed E-state index contributed by atoms with van der Waals surface area (Å²) in [6.07, 6.45) is 11.0. The van der Waals surface area contributed by atoms with E-state index in [9.17, 15) is 24.6 Å². The number of ketones is 1. The zero-order valence-corrected chi connectivity index (χ0v) is 17.9. The van der Waals surface area contributed by atoms with Crippen LogP contribution in [0.25, 0.3) is 0 Å². The zero-order valence-electron chi connectivity index (χ0n) is 17.9. The van der Waals surface area contributed by atoms with Gasteiger partial charge < -0.3 is 20.6 Å². The minimum Gasteiger partial charge on any atom is -0.506 e. The van der Waals surface area contributed by atoms with Crippen LogP contribution >= 0.6 is 0 Å². The van der Waals surface area contributed by atoms with Crippen LogP contribution in [-0.2, 0) is 9.59 Å². The molecule has 7 heteroatoms. The topological polar surface area (TPSA) is 124 Å². The molecule has 1 amide bonds. The van der Waals surface area contributed by atoms with Gasteiger partial charge in [0.15, 0.2) is 11.5 Å². The lowest BCUT2D eigenvalue weighted by Gasteiger charge is -2.52. The van der Waals surface area contributed by atoms with E-state index in [-0.39, 0.29) is 29.2 Å². The van der Waals surface area contributed by atoms with Crippen molar-refractivity contribution in [2.24, 2.45) is 22.7 Å². The quantitative estimate of drug-likeness (QED) is 0.512. The Morgan fingerprint density at radius 2 is 1.94 bits per heavy atom. The predicted molar refractivity (Wildman–Crippen MR) is 118 cm³/mol. The van der Waals surface area contributed by atoms with E-state index in [1.165, 1.54) is 0 Å². The zero-order chi connectivity index (χ0) is 23.3.